The lowest BCUT2D eigenvalue weighted by molar-refractivity contribution is 0.0532. The second-order valence-corrected chi connectivity index (χ2v) is 7.22. The highest BCUT2D eigenvalue weighted by Crippen LogP contribution is 2.57. The van der Waals surface area contributed by atoms with E-state index in [4.69, 9.17) is 4.74 Å². The molecule has 1 fully saturated rings. The van der Waals surface area contributed by atoms with Crippen molar-refractivity contribution in [2.24, 2.45) is 0 Å². The largest absolute Gasteiger partial charge is 0.462 e. The molecule has 1 atom stereocenters. The normalized spacial score (nSPS) is 19.1. The first-order valence-corrected chi connectivity index (χ1v) is 8.40. The van der Waals surface area contributed by atoms with Gasteiger partial charge in [-0.05, 0) is 51.5 Å². The molecule has 1 aliphatic heterocycles. The molecule has 22 heavy (non-hydrogen) atoms. The highest BCUT2D eigenvalue weighted by molar-refractivity contribution is 7.14. The smallest absolute Gasteiger partial charge is 0.348 e. The standard InChI is InChI=1S/C18H21NO2S/c1-5-21-17(20)14-11-12(2)15(22-14)16-18(3,4)19(16)13-9-7-6-8-10-13/h6-11,16H,5H2,1-4H3. The molecule has 0 radical (unpaired) electrons. The van der Waals surface area contributed by atoms with E-state index in [0.717, 1.165) is 0 Å². The average Bonchev–Trinajstić information content (AvgIpc) is 2.85. The SMILES string of the molecule is CCOC(=O)c1cc(C)c(C2N(c3ccccc3)C2(C)C)s1. The molecule has 1 saturated heterocycles. The van der Waals surface area contributed by atoms with Gasteiger partial charge in [0.1, 0.15) is 4.88 Å². The Labute approximate surface area is 135 Å². The zero-order valence-electron chi connectivity index (χ0n) is 13.4. The minimum Gasteiger partial charge on any atom is -0.462 e. The fourth-order valence-electron chi connectivity index (χ4n) is 3.06. The number of thiophene rings is 1. The number of rotatable bonds is 4. The van der Waals surface area contributed by atoms with Crippen molar-refractivity contribution in [2.45, 2.75) is 39.3 Å². The van der Waals surface area contributed by atoms with Gasteiger partial charge in [0.2, 0.25) is 0 Å². The number of esters is 1. The van der Waals surface area contributed by atoms with Crippen LogP contribution >= 0.6 is 11.3 Å². The third kappa shape index (κ3) is 2.41. The fourth-order valence-corrected chi connectivity index (χ4v) is 4.40. The van der Waals surface area contributed by atoms with Gasteiger partial charge in [0.15, 0.2) is 0 Å². The van der Waals surface area contributed by atoms with Gasteiger partial charge in [-0.2, -0.15) is 0 Å². The zero-order chi connectivity index (χ0) is 15.9. The number of carbonyl (C=O) groups is 1. The number of ether oxygens (including phenoxy) is 1. The van der Waals surface area contributed by atoms with Gasteiger partial charge in [-0.1, -0.05) is 18.2 Å². The van der Waals surface area contributed by atoms with Gasteiger partial charge in [-0.25, -0.2) is 4.79 Å². The highest BCUT2D eigenvalue weighted by atomic mass is 32.1. The molecule has 116 valence electrons. The van der Waals surface area contributed by atoms with Gasteiger partial charge < -0.3 is 9.64 Å². The molecule has 1 aromatic carbocycles. The Morgan fingerprint density at radius 3 is 2.64 bits per heavy atom. The quantitative estimate of drug-likeness (QED) is 0.611. The van der Waals surface area contributed by atoms with Crippen LogP contribution in [0.25, 0.3) is 0 Å². The molecule has 2 heterocycles. The maximum absolute atomic E-state index is 11.9. The molecule has 0 aliphatic carbocycles. The van der Waals surface area contributed by atoms with E-state index in [0.29, 0.717) is 17.5 Å². The highest BCUT2D eigenvalue weighted by Gasteiger charge is 2.57. The summed E-state index contributed by atoms with van der Waals surface area (Å²) in [5.74, 6) is -0.216. The number of aryl methyl sites for hydroxylation is 1. The average molecular weight is 315 g/mol. The minimum absolute atomic E-state index is 0.0723. The third-order valence-corrected chi connectivity index (χ3v) is 5.47. The van der Waals surface area contributed by atoms with Crippen LogP contribution in [0, 0.1) is 6.92 Å². The number of hydrogen-bond donors (Lipinski definition) is 0. The molecule has 1 aliphatic rings. The van der Waals surface area contributed by atoms with Crippen LogP contribution in [0.5, 0.6) is 0 Å². The molecule has 0 saturated carbocycles. The Balaban J connectivity index is 1.90. The van der Waals surface area contributed by atoms with Gasteiger partial charge in [0.25, 0.3) is 0 Å². The van der Waals surface area contributed by atoms with Crippen molar-refractivity contribution < 1.29 is 9.53 Å². The summed E-state index contributed by atoms with van der Waals surface area (Å²) in [6.07, 6.45) is 0. The van der Waals surface area contributed by atoms with Crippen molar-refractivity contribution in [1.29, 1.82) is 0 Å². The van der Waals surface area contributed by atoms with Crippen LogP contribution in [-0.2, 0) is 4.74 Å². The first-order valence-electron chi connectivity index (χ1n) is 7.58. The summed E-state index contributed by atoms with van der Waals surface area (Å²) in [7, 11) is 0. The summed E-state index contributed by atoms with van der Waals surface area (Å²) in [4.78, 5) is 16.3. The molecule has 1 aromatic heterocycles. The summed E-state index contributed by atoms with van der Waals surface area (Å²) in [6.45, 7) is 8.81. The summed E-state index contributed by atoms with van der Waals surface area (Å²) in [6, 6.07) is 12.7. The van der Waals surface area contributed by atoms with Gasteiger partial charge in [0.05, 0.1) is 18.2 Å². The van der Waals surface area contributed by atoms with Crippen molar-refractivity contribution in [3.05, 3.63) is 51.7 Å². The molecule has 1 unspecified atom stereocenters. The molecule has 3 rings (SSSR count). The molecule has 2 aromatic rings. The van der Waals surface area contributed by atoms with E-state index in [9.17, 15) is 4.79 Å². The van der Waals surface area contributed by atoms with Crippen molar-refractivity contribution in [3.8, 4) is 0 Å². The topological polar surface area (TPSA) is 29.3 Å². The molecule has 0 bridgehead atoms. The van der Waals surface area contributed by atoms with Crippen LogP contribution < -0.4 is 4.90 Å². The minimum atomic E-state index is -0.216. The van der Waals surface area contributed by atoms with E-state index in [2.05, 4.69) is 49.9 Å². The Morgan fingerprint density at radius 1 is 1.32 bits per heavy atom. The van der Waals surface area contributed by atoms with Gasteiger partial charge in [-0.3, -0.25) is 0 Å². The Hall–Kier alpha value is -1.81. The van der Waals surface area contributed by atoms with Crippen molar-refractivity contribution in [3.63, 3.8) is 0 Å². The van der Waals surface area contributed by atoms with E-state index in [1.165, 1.54) is 16.1 Å². The number of anilines is 1. The van der Waals surface area contributed by atoms with Crippen LogP contribution in [0.15, 0.2) is 36.4 Å². The predicted octanol–water partition coefficient (Wildman–Crippen LogP) is 4.57. The van der Waals surface area contributed by atoms with E-state index in [1.807, 2.05) is 19.1 Å². The van der Waals surface area contributed by atoms with Crippen LogP contribution in [0.1, 0.15) is 46.9 Å². The monoisotopic (exact) mass is 315 g/mol. The second kappa shape index (κ2) is 5.43. The summed E-state index contributed by atoms with van der Waals surface area (Å²) in [5, 5.41) is 0. The molecule has 3 nitrogen and oxygen atoms in total. The Morgan fingerprint density at radius 2 is 2.00 bits per heavy atom. The number of hydrogen-bond acceptors (Lipinski definition) is 4. The predicted molar refractivity (Wildman–Crippen MR) is 90.8 cm³/mol. The van der Waals surface area contributed by atoms with E-state index in [1.54, 1.807) is 11.3 Å². The zero-order valence-corrected chi connectivity index (χ0v) is 14.2. The van der Waals surface area contributed by atoms with Crippen molar-refractivity contribution in [2.75, 3.05) is 11.5 Å². The lowest BCUT2D eigenvalue weighted by Crippen LogP contribution is -2.06. The number of benzene rings is 1. The van der Waals surface area contributed by atoms with Crippen LogP contribution in [0.4, 0.5) is 5.69 Å². The van der Waals surface area contributed by atoms with Gasteiger partial charge in [-0.15, -0.1) is 11.3 Å². The third-order valence-electron chi connectivity index (χ3n) is 4.20. The van der Waals surface area contributed by atoms with Crippen LogP contribution in [0.2, 0.25) is 0 Å². The fraction of sp³-hybridized carbons (Fsp3) is 0.389. The lowest BCUT2D eigenvalue weighted by Gasteiger charge is -2.07. The maximum atomic E-state index is 11.9. The first-order chi connectivity index (χ1) is 10.5. The van der Waals surface area contributed by atoms with Crippen LogP contribution in [0.3, 0.4) is 0 Å². The lowest BCUT2D eigenvalue weighted by atomic mass is 10.1. The maximum Gasteiger partial charge on any atom is 0.348 e. The first kappa shape index (κ1) is 15.1. The molecular weight excluding hydrogens is 294 g/mol. The van der Waals surface area contributed by atoms with Crippen molar-refractivity contribution in [1.82, 2.24) is 0 Å². The van der Waals surface area contributed by atoms with E-state index >= 15 is 0 Å². The number of carbonyl (C=O) groups excluding carboxylic acids is 1. The van der Waals surface area contributed by atoms with E-state index < -0.39 is 0 Å². The summed E-state index contributed by atoms with van der Waals surface area (Å²) < 4.78 is 5.12. The van der Waals surface area contributed by atoms with Crippen molar-refractivity contribution >= 4 is 23.0 Å². The number of nitrogens with zero attached hydrogens (tertiary/aromatic N) is 1. The van der Waals surface area contributed by atoms with E-state index in [-0.39, 0.29) is 11.5 Å². The van der Waals surface area contributed by atoms with Gasteiger partial charge >= 0.3 is 5.97 Å². The second-order valence-electron chi connectivity index (χ2n) is 6.14. The molecule has 0 N–H and O–H groups in total. The summed E-state index contributed by atoms with van der Waals surface area (Å²) >= 11 is 1.56. The Kier molecular flexibility index (Phi) is 3.73. The Bertz CT molecular complexity index is 690. The molecule has 0 amide bonds. The number of para-hydroxylation sites is 1. The molecular formula is C18H21NO2S. The van der Waals surface area contributed by atoms with Gasteiger partial charge in [0, 0.05) is 10.6 Å². The molecule has 0 spiro atoms. The molecule has 4 heteroatoms. The summed E-state index contributed by atoms with van der Waals surface area (Å²) in [5.41, 5.74) is 2.47. The van der Waals surface area contributed by atoms with Crippen LogP contribution in [-0.4, -0.2) is 18.1 Å².